The summed E-state index contributed by atoms with van der Waals surface area (Å²) < 4.78 is 11.8. The average molecular weight is 456 g/mol. The highest BCUT2D eigenvalue weighted by Gasteiger charge is 2.33. The third-order valence-electron chi connectivity index (χ3n) is 5.29. The minimum Gasteiger partial charge on any atom is -0.356 e. The van der Waals surface area contributed by atoms with Crippen molar-refractivity contribution in [1.29, 1.82) is 0 Å². The Morgan fingerprint density at radius 2 is 1.72 bits per heavy atom. The normalized spacial score (nSPS) is 19.1. The number of rotatable bonds is 9. The number of hydrazine groups is 1. The van der Waals surface area contributed by atoms with Crippen LogP contribution in [0.15, 0.2) is 60.7 Å². The topological polar surface area (TPSA) is 79.9 Å². The van der Waals surface area contributed by atoms with Gasteiger partial charge in [-0.2, -0.15) is 0 Å². The van der Waals surface area contributed by atoms with E-state index in [1.54, 1.807) is 24.3 Å². The molecule has 0 aromatic heterocycles. The first kappa shape index (κ1) is 24.0. The molecular formula is C24H33N3O4Si. The summed E-state index contributed by atoms with van der Waals surface area (Å²) >= 11 is 0. The maximum absolute atomic E-state index is 13.0. The van der Waals surface area contributed by atoms with Gasteiger partial charge in [0.05, 0.1) is 12.6 Å². The van der Waals surface area contributed by atoms with Crippen molar-refractivity contribution in [2.45, 2.75) is 44.3 Å². The first-order valence-corrected chi connectivity index (χ1v) is 14.7. The highest BCUT2D eigenvalue weighted by molar-refractivity contribution is 6.76. The van der Waals surface area contributed by atoms with E-state index in [-0.39, 0.29) is 25.3 Å². The number of hydrogen-bond acceptors (Lipinski definition) is 4. The molecule has 1 heterocycles. The summed E-state index contributed by atoms with van der Waals surface area (Å²) in [5, 5.41) is 4.28. The van der Waals surface area contributed by atoms with Gasteiger partial charge in [0.15, 0.2) is 0 Å². The molecule has 1 saturated heterocycles. The molecule has 2 aromatic rings. The lowest BCUT2D eigenvalue weighted by Gasteiger charge is -2.27. The summed E-state index contributed by atoms with van der Waals surface area (Å²) in [6.07, 6.45) is 0.148. The van der Waals surface area contributed by atoms with E-state index in [2.05, 4.69) is 30.4 Å². The number of carbonyl (C=O) groups excluding carboxylic acids is 2. The molecule has 1 fully saturated rings. The molecule has 0 radical (unpaired) electrons. The highest BCUT2D eigenvalue weighted by atomic mass is 28.3. The summed E-state index contributed by atoms with van der Waals surface area (Å²) in [7, 11) is -1.19. The second kappa shape index (κ2) is 11.3. The van der Waals surface area contributed by atoms with Gasteiger partial charge in [-0.15, -0.1) is 0 Å². The minimum absolute atomic E-state index is 0.115. The van der Waals surface area contributed by atoms with Crippen LogP contribution in [0.2, 0.25) is 25.7 Å². The molecule has 0 aliphatic carbocycles. The van der Waals surface area contributed by atoms with Gasteiger partial charge in [0.25, 0.3) is 5.91 Å². The van der Waals surface area contributed by atoms with Gasteiger partial charge < -0.3 is 14.8 Å². The second-order valence-corrected chi connectivity index (χ2v) is 14.8. The Morgan fingerprint density at radius 1 is 1.06 bits per heavy atom. The van der Waals surface area contributed by atoms with Crippen molar-refractivity contribution in [3.05, 3.63) is 71.8 Å². The molecule has 1 aliphatic heterocycles. The minimum atomic E-state index is -1.19. The van der Waals surface area contributed by atoms with E-state index in [0.29, 0.717) is 18.6 Å². The van der Waals surface area contributed by atoms with Gasteiger partial charge in [-0.05, 0) is 30.2 Å². The molecule has 32 heavy (non-hydrogen) atoms. The number of urea groups is 1. The van der Waals surface area contributed by atoms with Crippen molar-refractivity contribution in [3.63, 3.8) is 0 Å². The van der Waals surface area contributed by atoms with Crippen LogP contribution < -0.4 is 10.7 Å². The van der Waals surface area contributed by atoms with Crippen LogP contribution in [0.1, 0.15) is 15.9 Å². The SMILES string of the molecule is C[Si](C)(C)CCOCO[C@@H]1CN(C(=O)c2ccccc2)NC(=O)N[C@@H]1Cc1ccccc1. The highest BCUT2D eigenvalue weighted by Crippen LogP contribution is 2.15. The quantitative estimate of drug-likeness (QED) is 0.344. The zero-order valence-electron chi connectivity index (χ0n) is 19.0. The fourth-order valence-corrected chi connectivity index (χ4v) is 4.19. The molecule has 2 atom stereocenters. The molecular weight excluding hydrogens is 422 g/mol. The summed E-state index contributed by atoms with van der Waals surface area (Å²) in [4.78, 5) is 25.6. The fraction of sp³-hybridized carbons (Fsp3) is 0.417. The largest absolute Gasteiger partial charge is 0.356 e. The Morgan fingerprint density at radius 3 is 2.38 bits per heavy atom. The number of nitrogens with one attached hydrogen (secondary N) is 2. The van der Waals surface area contributed by atoms with Crippen LogP contribution in [0.5, 0.6) is 0 Å². The molecule has 3 amide bonds. The van der Waals surface area contributed by atoms with Crippen molar-refractivity contribution < 1.29 is 19.1 Å². The number of carbonyl (C=O) groups is 2. The van der Waals surface area contributed by atoms with Crippen molar-refractivity contribution >= 4 is 20.0 Å². The summed E-state index contributed by atoms with van der Waals surface area (Å²) in [6.45, 7) is 7.86. The lowest BCUT2D eigenvalue weighted by molar-refractivity contribution is -0.0995. The Bertz CT molecular complexity index is 874. The van der Waals surface area contributed by atoms with Crippen LogP contribution in [0, 0.1) is 0 Å². The van der Waals surface area contributed by atoms with Gasteiger partial charge in [0.1, 0.15) is 12.9 Å². The molecule has 0 spiro atoms. The fourth-order valence-electron chi connectivity index (χ4n) is 3.43. The summed E-state index contributed by atoms with van der Waals surface area (Å²) in [5.41, 5.74) is 4.24. The molecule has 0 bridgehead atoms. The van der Waals surface area contributed by atoms with Crippen molar-refractivity contribution in [2.75, 3.05) is 19.9 Å². The first-order chi connectivity index (χ1) is 15.3. The van der Waals surface area contributed by atoms with Crippen LogP contribution in [0.4, 0.5) is 4.79 Å². The van der Waals surface area contributed by atoms with E-state index in [1.165, 1.54) is 5.01 Å². The molecule has 0 unspecified atom stereocenters. The van der Waals surface area contributed by atoms with E-state index in [0.717, 1.165) is 11.6 Å². The molecule has 7 nitrogen and oxygen atoms in total. The molecule has 2 aromatic carbocycles. The molecule has 8 heteroatoms. The Hall–Kier alpha value is -2.68. The standard InChI is InChI=1S/C24H33N3O4Si/c1-32(2,3)15-14-30-18-31-22-17-27(23(28)20-12-8-5-9-13-20)26-24(29)25-21(22)16-19-10-6-4-7-11-19/h4-13,21-22H,14-18H2,1-3H3,(H2,25,26,29)/t21-,22-/m1/s1. The number of ether oxygens (including phenoxy) is 2. The van der Waals surface area contributed by atoms with E-state index in [4.69, 9.17) is 9.47 Å². The Kier molecular flexibility index (Phi) is 8.44. The van der Waals surface area contributed by atoms with Crippen LogP contribution in [0.3, 0.4) is 0 Å². The molecule has 3 rings (SSSR count). The Labute approximate surface area is 191 Å². The third-order valence-corrected chi connectivity index (χ3v) is 6.99. The lowest BCUT2D eigenvalue weighted by atomic mass is 10.0. The summed E-state index contributed by atoms with van der Waals surface area (Å²) in [6, 6.07) is 19.1. The van der Waals surface area contributed by atoms with Crippen molar-refractivity contribution in [3.8, 4) is 0 Å². The first-order valence-electron chi connectivity index (χ1n) is 11.0. The average Bonchev–Trinajstić information content (AvgIpc) is 2.92. The Balaban J connectivity index is 1.71. The van der Waals surface area contributed by atoms with Gasteiger partial charge in [0, 0.05) is 20.2 Å². The molecule has 1 aliphatic rings. The van der Waals surface area contributed by atoms with Gasteiger partial charge in [-0.1, -0.05) is 68.2 Å². The zero-order valence-corrected chi connectivity index (χ0v) is 20.0. The molecule has 0 saturated carbocycles. The van der Waals surface area contributed by atoms with E-state index in [9.17, 15) is 9.59 Å². The van der Waals surface area contributed by atoms with Gasteiger partial charge in [0.2, 0.25) is 0 Å². The van der Waals surface area contributed by atoms with Crippen LogP contribution in [-0.2, 0) is 15.9 Å². The predicted molar refractivity (Wildman–Crippen MR) is 127 cm³/mol. The van der Waals surface area contributed by atoms with Crippen molar-refractivity contribution in [2.24, 2.45) is 0 Å². The third kappa shape index (κ3) is 7.47. The van der Waals surface area contributed by atoms with Gasteiger partial charge in [-0.3, -0.25) is 4.79 Å². The molecule has 172 valence electrons. The number of hydrogen-bond donors (Lipinski definition) is 2. The monoisotopic (exact) mass is 455 g/mol. The number of amides is 3. The molecule has 2 N–H and O–H groups in total. The maximum atomic E-state index is 13.0. The van der Waals surface area contributed by atoms with E-state index < -0.39 is 20.2 Å². The van der Waals surface area contributed by atoms with Crippen LogP contribution in [0.25, 0.3) is 0 Å². The van der Waals surface area contributed by atoms with Gasteiger partial charge >= 0.3 is 6.03 Å². The number of nitrogens with zero attached hydrogens (tertiary/aromatic N) is 1. The van der Waals surface area contributed by atoms with Crippen LogP contribution in [-0.4, -0.2) is 57.1 Å². The lowest BCUT2D eigenvalue weighted by Crippen LogP contribution is -2.48. The number of benzene rings is 2. The zero-order chi connectivity index (χ0) is 23.0. The van der Waals surface area contributed by atoms with Crippen LogP contribution >= 0.6 is 0 Å². The predicted octanol–water partition coefficient (Wildman–Crippen LogP) is 3.67. The van der Waals surface area contributed by atoms with E-state index in [1.807, 2.05) is 36.4 Å². The smallest absolute Gasteiger partial charge is 0.334 e. The van der Waals surface area contributed by atoms with Gasteiger partial charge in [-0.25, -0.2) is 15.2 Å². The van der Waals surface area contributed by atoms with Crippen molar-refractivity contribution in [1.82, 2.24) is 15.8 Å². The van der Waals surface area contributed by atoms with E-state index >= 15 is 0 Å². The maximum Gasteiger partial charge on any atom is 0.334 e. The second-order valence-electron chi connectivity index (χ2n) is 9.21. The summed E-state index contributed by atoms with van der Waals surface area (Å²) in [5.74, 6) is -0.283.